The van der Waals surface area contributed by atoms with E-state index in [1.165, 1.54) is 12.8 Å². The second-order valence-corrected chi connectivity index (χ2v) is 7.28. The summed E-state index contributed by atoms with van der Waals surface area (Å²) in [4.78, 5) is 2.36. The summed E-state index contributed by atoms with van der Waals surface area (Å²) >= 11 is 7.15. The van der Waals surface area contributed by atoms with Crippen LogP contribution in [0.2, 0.25) is 0 Å². The van der Waals surface area contributed by atoms with E-state index in [1.807, 2.05) is 6.07 Å². The number of hydrogen-bond donors (Lipinski definition) is 0. The van der Waals surface area contributed by atoms with Gasteiger partial charge < -0.3 is 14.4 Å². The van der Waals surface area contributed by atoms with E-state index >= 15 is 0 Å². The van der Waals surface area contributed by atoms with E-state index in [0.29, 0.717) is 6.61 Å². The van der Waals surface area contributed by atoms with Crippen LogP contribution >= 0.6 is 31.9 Å². The lowest BCUT2D eigenvalue weighted by Gasteiger charge is -2.18. The Hall–Kier alpha value is -0.100. The van der Waals surface area contributed by atoms with Crippen LogP contribution in [0.5, 0.6) is 5.75 Å². The highest BCUT2D eigenvalue weighted by Crippen LogP contribution is 2.33. The number of halogens is 2. The van der Waals surface area contributed by atoms with Gasteiger partial charge in [-0.25, -0.2) is 0 Å². The van der Waals surface area contributed by atoms with Crippen LogP contribution in [-0.2, 0) is 11.3 Å². The highest BCUT2D eigenvalue weighted by Gasteiger charge is 2.11. The Labute approximate surface area is 158 Å². The van der Waals surface area contributed by atoms with Crippen molar-refractivity contribution in [3.8, 4) is 5.75 Å². The third-order valence-electron chi connectivity index (χ3n) is 3.78. The van der Waals surface area contributed by atoms with Crippen molar-refractivity contribution in [2.24, 2.45) is 0 Å². The molecule has 0 fully saturated rings. The zero-order valence-electron chi connectivity index (χ0n) is 14.5. The summed E-state index contributed by atoms with van der Waals surface area (Å²) < 4.78 is 13.9. The first-order chi connectivity index (χ1) is 11.1. The Morgan fingerprint density at radius 2 is 1.74 bits per heavy atom. The van der Waals surface area contributed by atoms with Gasteiger partial charge >= 0.3 is 0 Å². The highest BCUT2D eigenvalue weighted by atomic mass is 79.9. The molecule has 0 saturated heterocycles. The van der Waals surface area contributed by atoms with Gasteiger partial charge in [0, 0.05) is 16.6 Å². The molecule has 132 valence electrons. The molecule has 0 aliphatic carbocycles. The van der Waals surface area contributed by atoms with E-state index < -0.39 is 0 Å². The number of unbranched alkanes of at least 4 members (excludes halogenated alkanes) is 2. The average Bonchev–Trinajstić information content (AvgIpc) is 2.53. The van der Waals surface area contributed by atoms with Crippen molar-refractivity contribution in [3.63, 3.8) is 0 Å². The molecule has 0 aromatic heterocycles. The molecule has 1 aromatic carbocycles. The van der Waals surface area contributed by atoms with Gasteiger partial charge in [-0.15, -0.1) is 0 Å². The molecule has 0 aliphatic rings. The Morgan fingerprint density at radius 3 is 2.39 bits per heavy atom. The Morgan fingerprint density at radius 1 is 1.00 bits per heavy atom. The summed E-state index contributed by atoms with van der Waals surface area (Å²) in [6, 6.07) is 4.10. The first-order valence-electron chi connectivity index (χ1n) is 8.53. The normalized spacial score (nSPS) is 11.2. The molecule has 0 bridgehead atoms. The van der Waals surface area contributed by atoms with E-state index in [4.69, 9.17) is 9.47 Å². The predicted molar refractivity (Wildman–Crippen MR) is 104 cm³/mol. The summed E-state index contributed by atoms with van der Waals surface area (Å²) in [5, 5.41) is 0. The van der Waals surface area contributed by atoms with Crippen LogP contribution < -0.4 is 4.74 Å². The van der Waals surface area contributed by atoms with E-state index in [2.05, 4.69) is 63.6 Å². The smallest absolute Gasteiger partial charge is 0.139 e. The fourth-order valence-corrected chi connectivity index (χ4v) is 3.75. The third-order valence-corrected chi connectivity index (χ3v) is 4.83. The Bertz CT molecular complexity index is 451. The Kier molecular flexibility index (Phi) is 11.2. The second kappa shape index (κ2) is 12.3. The molecule has 5 heteroatoms. The molecule has 0 spiro atoms. The maximum Gasteiger partial charge on any atom is 0.139 e. The second-order valence-electron chi connectivity index (χ2n) is 5.51. The van der Waals surface area contributed by atoms with Crippen molar-refractivity contribution in [1.82, 2.24) is 4.90 Å². The Balaban J connectivity index is 2.57. The van der Waals surface area contributed by atoms with Gasteiger partial charge in [-0.1, -0.05) is 49.5 Å². The number of ether oxygens (including phenoxy) is 2. The van der Waals surface area contributed by atoms with Gasteiger partial charge in [0.15, 0.2) is 0 Å². The molecule has 23 heavy (non-hydrogen) atoms. The van der Waals surface area contributed by atoms with E-state index in [-0.39, 0.29) is 0 Å². The standard InChI is InChI=1S/C18H29Br2NO2/c1-4-7-8-10-23-18-15(12-16(19)13-17(18)20)14-22-11-9-21(5-2)6-3/h12-13H,4-11,14H2,1-3H3. The predicted octanol–water partition coefficient (Wildman–Crippen LogP) is 5.64. The topological polar surface area (TPSA) is 21.7 Å². The van der Waals surface area contributed by atoms with E-state index in [1.54, 1.807) is 0 Å². The van der Waals surface area contributed by atoms with Crippen LogP contribution in [0, 0.1) is 0 Å². The third kappa shape index (κ3) is 8.01. The summed E-state index contributed by atoms with van der Waals surface area (Å²) in [5.74, 6) is 0.909. The number of hydrogen-bond acceptors (Lipinski definition) is 3. The zero-order chi connectivity index (χ0) is 17.1. The van der Waals surface area contributed by atoms with Crippen molar-refractivity contribution >= 4 is 31.9 Å². The lowest BCUT2D eigenvalue weighted by Crippen LogP contribution is -2.27. The first kappa shape index (κ1) is 20.9. The average molecular weight is 451 g/mol. The molecule has 0 aliphatic heterocycles. The molecule has 0 atom stereocenters. The minimum absolute atomic E-state index is 0.572. The summed E-state index contributed by atoms with van der Waals surface area (Å²) in [5.41, 5.74) is 1.09. The van der Waals surface area contributed by atoms with Crippen LogP contribution in [0.3, 0.4) is 0 Å². The minimum atomic E-state index is 0.572. The lowest BCUT2D eigenvalue weighted by molar-refractivity contribution is 0.0936. The van der Waals surface area contributed by atoms with Gasteiger partial charge in [0.1, 0.15) is 5.75 Å². The highest BCUT2D eigenvalue weighted by molar-refractivity contribution is 9.11. The molecule has 1 rings (SSSR count). The van der Waals surface area contributed by atoms with Crippen molar-refractivity contribution < 1.29 is 9.47 Å². The van der Waals surface area contributed by atoms with Gasteiger partial charge in [0.2, 0.25) is 0 Å². The van der Waals surface area contributed by atoms with Crippen molar-refractivity contribution in [2.45, 2.75) is 46.6 Å². The van der Waals surface area contributed by atoms with Crippen molar-refractivity contribution in [1.29, 1.82) is 0 Å². The molecule has 1 aromatic rings. The zero-order valence-corrected chi connectivity index (χ0v) is 17.7. The summed E-state index contributed by atoms with van der Waals surface area (Å²) in [6.07, 6.45) is 3.48. The number of nitrogens with zero attached hydrogens (tertiary/aromatic N) is 1. The monoisotopic (exact) mass is 449 g/mol. The fourth-order valence-electron chi connectivity index (χ4n) is 2.32. The fraction of sp³-hybridized carbons (Fsp3) is 0.667. The largest absolute Gasteiger partial charge is 0.492 e. The molecular weight excluding hydrogens is 422 g/mol. The van der Waals surface area contributed by atoms with Crippen LogP contribution in [0.4, 0.5) is 0 Å². The van der Waals surface area contributed by atoms with Crippen molar-refractivity contribution in [3.05, 3.63) is 26.6 Å². The lowest BCUT2D eigenvalue weighted by atomic mass is 10.2. The minimum Gasteiger partial charge on any atom is -0.492 e. The van der Waals surface area contributed by atoms with Gasteiger partial charge in [0.25, 0.3) is 0 Å². The number of benzene rings is 1. The quantitative estimate of drug-likeness (QED) is 0.384. The van der Waals surface area contributed by atoms with E-state index in [9.17, 15) is 0 Å². The maximum atomic E-state index is 5.99. The van der Waals surface area contributed by atoms with Gasteiger partial charge in [-0.3, -0.25) is 0 Å². The van der Waals surface area contributed by atoms with Gasteiger partial charge in [-0.2, -0.15) is 0 Å². The molecule has 0 amide bonds. The summed E-state index contributed by atoms with van der Waals surface area (Å²) in [7, 11) is 0. The van der Waals surface area contributed by atoms with Crippen LogP contribution in [0.25, 0.3) is 0 Å². The van der Waals surface area contributed by atoms with Gasteiger partial charge in [0.05, 0.1) is 24.3 Å². The maximum absolute atomic E-state index is 5.99. The van der Waals surface area contributed by atoms with Crippen LogP contribution in [0.15, 0.2) is 21.1 Å². The SMILES string of the molecule is CCCCCOc1c(Br)cc(Br)cc1COCCN(CC)CC. The van der Waals surface area contributed by atoms with E-state index in [0.717, 1.165) is 59.5 Å². The van der Waals surface area contributed by atoms with Crippen molar-refractivity contribution in [2.75, 3.05) is 32.8 Å². The molecule has 0 saturated carbocycles. The van der Waals surface area contributed by atoms with Crippen LogP contribution in [-0.4, -0.2) is 37.7 Å². The molecular formula is C18H29Br2NO2. The summed E-state index contributed by atoms with van der Waals surface area (Å²) in [6.45, 7) is 11.7. The van der Waals surface area contributed by atoms with Crippen LogP contribution in [0.1, 0.15) is 45.6 Å². The first-order valence-corrected chi connectivity index (χ1v) is 10.1. The number of likely N-dealkylation sites (N-methyl/N-ethyl adjacent to an activating group) is 1. The molecule has 0 unspecified atom stereocenters. The molecule has 3 nitrogen and oxygen atoms in total. The van der Waals surface area contributed by atoms with Gasteiger partial charge in [-0.05, 0) is 47.6 Å². The molecule has 0 N–H and O–H groups in total. The molecule has 0 heterocycles. The molecule has 0 radical (unpaired) electrons. The number of rotatable bonds is 12.